The zero-order valence-electron chi connectivity index (χ0n) is 16.0. The topological polar surface area (TPSA) is 116 Å². The van der Waals surface area contributed by atoms with Gasteiger partial charge in [0.15, 0.2) is 0 Å². The number of nitrogens with one attached hydrogen (secondary N) is 1. The number of alkyl carbamates (subject to hydrolysis) is 1. The molecule has 0 aliphatic carbocycles. The van der Waals surface area contributed by atoms with Crippen molar-refractivity contribution in [3.63, 3.8) is 0 Å². The van der Waals surface area contributed by atoms with Gasteiger partial charge in [0.2, 0.25) is 11.8 Å². The van der Waals surface area contributed by atoms with Gasteiger partial charge in [-0.2, -0.15) is 0 Å². The van der Waals surface area contributed by atoms with Gasteiger partial charge in [-0.05, 0) is 26.7 Å². The van der Waals surface area contributed by atoms with Gasteiger partial charge in [0.05, 0.1) is 6.54 Å². The molecule has 9 nitrogen and oxygen atoms in total. The number of carbonyl (C=O) groups is 4. The molecule has 1 atom stereocenters. The predicted molar refractivity (Wildman–Crippen MR) is 90.9 cm³/mol. The molecule has 0 radical (unpaired) electrons. The van der Waals surface area contributed by atoms with Crippen molar-refractivity contribution in [1.82, 2.24) is 15.1 Å². The summed E-state index contributed by atoms with van der Waals surface area (Å²) in [5.41, 5.74) is -0.680. The zero-order chi connectivity index (χ0) is 19.9. The normalized spacial score (nSPS) is 12.3. The van der Waals surface area contributed by atoms with E-state index >= 15 is 0 Å². The second-order valence-electron chi connectivity index (χ2n) is 7.14. The van der Waals surface area contributed by atoms with E-state index in [2.05, 4.69) is 5.32 Å². The molecular formula is C16H29N3O6. The van der Waals surface area contributed by atoms with E-state index in [1.165, 1.54) is 14.1 Å². The number of hydrogen-bond acceptors (Lipinski definition) is 5. The molecule has 0 saturated heterocycles. The summed E-state index contributed by atoms with van der Waals surface area (Å²) in [5.74, 6) is -2.38. The Morgan fingerprint density at radius 3 is 2.00 bits per heavy atom. The Labute approximate surface area is 148 Å². The molecule has 0 spiro atoms. The van der Waals surface area contributed by atoms with Crippen LogP contribution in [0.25, 0.3) is 0 Å². The fraction of sp³-hybridized carbons (Fsp3) is 0.750. The summed E-state index contributed by atoms with van der Waals surface area (Å²) in [4.78, 5) is 49.2. The SMILES string of the molecule is CC(C)[C@@H](C(=O)O)N(C)C(=O)CN(C)C(=O)CNC(=O)OC(C)(C)C. The Hall–Kier alpha value is -2.32. The average molecular weight is 359 g/mol. The summed E-state index contributed by atoms with van der Waals surface area (Å²) in [5, 5.41) is 11.5. The van der Waals surface area contributed by atoms with Crippen molar-refractivity contribution in [3.8, 4) is 0 Å². The fourth-order valence-corrected chi connectivity index (χ4v) is 2.05. The number of carbonyl (C=O) groups excluding carboxylic acids is 3. The molecule has 0 aromatic carbocycles. The van der Waals surface area contributed by atoms with Crippen molar-refractivity contribution in [1.29, 1.82) is 0 Å². The molecule has 144 valence electrons. The van der Waals surface area contributed by atoms with Crippen LogP contribution in [-0.2, 0) is 19.1 Å². The van der Waals surface area contributed by atoms with E-state index in [1.54, 1.807) is 34.6 Å². The van der Waals surface area contributed by atoms with Gasteiger partial charge in [-0.15, -0.1) is 0 Å². The monoisotopic (exact) mass is 359 g/mol. The lowest BCUT2D eigenvalue weighted by molar-refractivity contribution is -0.151. The molecule has 2 N–H and O–H groups in total. The molecule has 0 unspecified atom stereocenters. The van der Waals surface area contributed by atoms with E-state index < -0.39 is 35.5 Å². The second-order valence-corrected chi connectivity index (χ2v) is 7.14. The number of hydrogen-bond donors (Lipinski definition) is 2. The predicted octanol–water partition coefficient (Wildman–Crippen LogP) is 0.537. The molecule has 0 rings (SSSR count). The quantitative estimate of drug-likeness (QED) is 0.685. The first-order valence-corrected chi connectivity index (χ1v) is 7.95. The van der Waals surface area contributed by atoms with Crippen LogP contribution in [0.3, 0.4) is 0 Å². The number of amides is 3. The third-order valence-electron chi connectivity index (χ3n) is 3.28. The third kappa shape index (κ3) is 8.37. The highest BCUT2D eigenvalue weighted by Gasteiger charge is 2.30. The van der Waals surface area contributed by atoms with E-state index in [1.807, 2.05) is 0 Å². The number of ether oxygens (including phenoxy) is 1. The highest BCUT2D eigenvalue weighted by atomic mass is 16.6. The minimum absolute atomic E-state index is 0.277. The Morgan fingerprint density at radius 2 is 1.60 bits per heavy atom. The molecule has 0 saturated carbocycles. The summed E-state index contributed by atoms with van der Waals surface area (Å²) < 4.78 is 5.01. The van der Waals surface area contributed by atoms with Gasteiger partial charge in [0, 0.05) is 14.1 Å². The maximum absolute atomic E-state index is 12.2. The van der Waals surface area contributed by atoms with Crippen molar-refractivity contribution in [2.45, 2.75) is 46.3 Å². The number of likely N-dealkylation sites (N-methyl/N-ethyl adjacent to an activating group) is 2. The molecule has 0 aromatic heterocycles. The van der Waals surface area contributed by atoms with Gasteiger partial charge in [0.1, 0.15) is 18.2 Å². The summed E-state index contributed by atoms with van der Waals surface area (Å²) in [7, 11) is 2.79. The fourth-order valence-electron chi connectivity index (χ4n) is 2.05. The van der Waals surface area contributed by atoms with E-state index in [4.69, 9.17) is 4.74 Å². The smallest absolute Gasteiger partial charge is 0.408 e. The van der Waals surface area contributed by atoms with Gasteiger partial charge >= 0.3 is 12.1 Å². The number of rotatable bonds is 7. The average Bonchev–Trinajstić information content (AvgIpc) is 2.41. The lowest BCUT2D eigenvalue weighted by Gasteiger charge is -2.29. The van der Waals surface area contributed by atoms with E-state index in [0.29, 0.717) is 0 Å². The molecule has 0 aliphatic rings. The van der Waals surface area contributed by atoms with Crippen LogP contribution >= 0.6 is 0 Å². The molecule has 25 heavy (non-hydrogen) atoms. The van der Waals surface area contributed by atoms with Crippen molar-refractivity contribution >= 4 is 23.9 Å². The third-order valence-corrected chi connectivity index (χ3v) is 3.28. The first kappa shape index (κ1) is 22.7. The maximum atomic E-state index is 12.2. The minimum Gasteiger partial charge on any atom is -0.480 e. The Morgan fingerprint density at radius 1 is 1.08 bits per heavy atom. The van der Waals surface area contributed by atoms with Crippen molar-refractivity contribution in [2.75, 3.05) is 27.2 Å². The Kier molecular flexibility index (Phi) is 8.38. The lowest BCUT2D eigenvalue weighted by Crippen LogP contribution is -2.50. The highest BCUT2D eigenvalue weighted by Crippen LogP contribution is 2.10. The van der Waals surface area contributed by atoms with Gasteiger partial charge in [-0.3, -0.25) is 9.59 Å². The molecule has 3 amide bonds. The first-order valence-electron chi connectivity index (χ1n) is 7.95. The summed E-state index contributed by atoms with van der Waals surface area (Å²) >= 11 is 0. The van der Waals surface area contributed by atoms with Crippen molar-refractivity contribution in [3.05, 3.63) is 0 Å². The number of carboxylic acid groups (broad SMARTS) is 1. The summed E-state index contributed by atoms with van der Waals surface area (Å²) in [6, 6.07) is -0.976. The molecule has 0 bridgehead atoms. The summed E-state index contributed by atoms with van der Waals surface area (Å²) in [6.45, 7) is 7.87. The van der Waals surface area contributed by atoms with E-state index in [-0.39, 0.29) is 19.0 Å². The van der Waals surface area contributed by atoms with Gasteiger partial charge in [0.25, 0.3) is 0 Å². The van der Waals surface area contributed by atoms with Crippen molar-refractivity contribution < 1.29 is 29.0 Å². The van der Waals surface area contributed by atoms with Crippen LogP contribution in [0, 0.1) is 5.92 Å². The molecule has 0 heterocycles. The van der Waals surface area contributed by atoms with Gasteiger partial charge in [-0.25, -0.2) is 9.59 Å². The van der Waals surface area contributed by atoms with E-state index in [0.717, 1.165) is 9.80 Å². The van der Waals surface area contributed by atoms with E-state index in [9.17, 15) is 24.3 Å². The first-order chi connectivity index (χ1) is 11.3. The maximum Gasteiger partial charge on any atom is 0.408 e. The zero-order valence-corrected chi connectivity index (χ0v) is 16.0. The molecule has 0 fully saturated rings. The van der Waals surface area contributed by atoms with Crippen molar-refractivity contribution in [2.24, 2.45) is 5.92 Å². The molecule has 0 aliphatic heterocycles. The summed E-state index contributed by atoms with van der Waals surface area (Å²) in [6.07, 6.45) is -0.733. The van der Waals surface area contributed by atoms with Gasteiger partial charge in [-0.1, -0.05) is 13.8 Å². The highest BCUT2D eigenvalue weighted by molar-refractivity contribution is 5.89. The van der Waals surface area contributed by atoms with Crippen LogP contribution < -0.4 is 5.32 Å². The van der Waals surface area contributed by atoms with Crippen LogP contribution in [0.2, 0.25) is 0 Å². The van der Waals surface area contributed by atoms with Crippen LogP contribution in [0.5, 0.6) is 0 Å². The number of nitrogens with zero attached hydrogens (tertiary/aromatic N) is 2. The minimum atomic E-state index is -1.11. The molecule has 9 heteroatoms. The lowest BCUT2D eigenvalue weighted by atomic mass is 10.0. The molecular weight excluding hydrogens is 330 g/mol. The Balaban J connectivity index is 4.59. The van der Waals surface area contributed by atoms with Crippen LogP contribution in [0.4, 0.5) is 4.79 Å². The number of carboxylic acids is 1. The van der Waals surface area contributed by atoms with Crippen LogP contribution in [0.1, 0.15) is 34.6 Å². The number of aliphatic carboxylic acids is 1. The molecule has 0 aromatic rings. The largest absolute Gasteiger partial charge is 0.480 e. The standard InChI is InChI=1S/C16H29N3O6/c1-10(2)13(14(22)23)19(7)12(21)9-18(6)11(20)8-17-15(24)25-16(3,4)5/h10,13H,8-9H2,1-7H3,(H,17,24)(H,22,23)/t13-/m0/s1. The Bertz CT molecular complexity index is 512. The van der Waals surface area contributed by atoms with Crippen LogP contribution in [0.15, 0.2) is 0 Å². The van der Waals surface area contributed by atoms with Crippen LogP contribution in [-0.4, -0.2) is 77.6 Å². The van der Waals surface area contributed by atoms with Gasteiger partial charge < -0.3 is 25.0 Å². The second kappa shape index (κ2) is 9.24.